The minimum absolute atomic E-state index is 0.0241. The summed E-state index contributed by atoms with van der Waals surface area (Å²) in [5.41, 5.74) is 0. The molecule has 436 valence electrons. The van der Waals surface area contributed by atoms with E-state index >= 15 is 0 Å². The molecule has 0 aliphatic heterocycles. The Morgan fingerprint density at radius 1 is 0.421 bits per heavy atom. The van der Waals surface area contributed by atoms with Crippen LogP contribution in [0.2, 0.25) is 0 Å². The summed E-state index contributed by atoms with van der Waals surface area (Å²) in [6, 6.07) is 0. The van der Waals surface area contributed by atoms with Gasteiger partial charge in [0, 0.05) is 12.8 Å². The van der Waals surface area contributed by atoms with Gasteiger partial charge in [0.2, 0.25) is 0 Å². The van der Waals surface area contributed by atoms with Crippen molar-refractivity contribution >= 4 is 19.8 Å². The molecule has 0 saturated carbocycles. The first-order valence-electron chi connectivity index (χ1n) is 30.6. The predicted octanol–water partition coefficient (Wildman–Crippen LogP) is 19.4. The van der Waals surface area contributed by atoms with Gasteiger partial charge in [-0.3, -0.25) is 18.6 Å². The van der Waals surface area contributed by atoms with Crippen molar-refractivity contribution in [3.8, 4) is 0 Å². The molecule has 0 fully saturated rings. The predicted molar refractivity (Wildman–Crippen MR) is 325 cm³/mol. The Hall–Kier alpha value is -3.33. The number of likely N-dealkylation sites (N-methyl/N-ethyl adjacent to an activating group) is 1. The number of carbonyl (C=O) groups excluding carboxylic acids is 2. The number of allylic oxidation sites excluding steroid dienone is 18. The Kier molecular flexibility index (Phi) is 53.9. The number of phosphoric acid groups is 1. The monoisotopic (exact) mass is 1080 g/mol. The number of hydrogen-bond donors (Lipinski definition) is 1. The van der Waals surface area contributed by atoms with Crippen LogP contribution in [-0.2, 0) is 32.7 Å². The standard InChI is InChI=1S/C66H114NO8P/c1-6-8-10-12-14-16-18-20-22-24-26-28-30-31-32-33-34-35-37-39-41-43-45-47-49-51-53-55-57-59-66(69)75-64(63-74-76(70,71)73-61-60-67(3,4)5)62-72-65(68)58-56-54-52-50-48-46-44-42-40-38-36-29-27-25-23-21-19-17-15-13-11-9-7-2/h8,10,14,16,19-22,25-28,31-32,34-36,38,64H,6-7,9,11-13,15,17-18,23-24,29-30,33,37,39-63H2,1-5H3/p+1/b10-8-,16-14-,21-19-,22-20-,27-25-,28-26-,32-31-,35-34-,38-36-. The zero-order chi connectivity index (χ0) is 55.6. The molecule has 9 nitrogen and oxygen atoms in total. The van der Waals surface area contributed by atoms with Crippen LogP contribution in [0.4, 0.5) is 0 Å². The van der Waals surface area contributed by atoms with Crippen LogP contribution in [0.1, 0.15) is 245 Å². The number of ether oxygens (including phenoxy) is 2. The number of quaternary nitrogens is 1. The first kappa shape index (κ1) is 72.7. The summed E-state index contributed by atoms with van der Waals surface area (Å²) >= 11 is 0. The first-order valence-corrected chi connectivity index (χ1v) is 32.1. The summed E-state index contributed by atoms with van der Waals surface area (Å²) < 4.78 is 34.6. The molecule has 76 heavy (non-hydrogen) atoms. The maximum atomic E-state index is 12.8. The van der Waals surface area contributed by atoms with E-state index in [9.17, 15) is 19.0 Å². The number of phosphoric ester groups is 1. The van der Waals surface area contributed by atoms with Crippen LogP contribution in [0.5, 0.6) is 0 Å². The third-order valence-corrected chi connectivity index (χ3v) is 13.8. The minimum Gasteiger partial charge on any atom is -0.462 e. The highest BCUT2D eigenvalue weighted by molar-refractivity contribution is 7.47. The van der Waals surface area contributed by atoms with Gasteiger partial charge in [0.05, 0.1) is 27.7 Å². The third kappa shape index (κ3) is 59.9. The van der Waals surface area contributed by atoms with E-state index in [1.165, 1.54) is 103 Å². The summed E-state index contributed by atoms with van der Waals surface area (Å²) in [5, 5.41) is 0. The van der Waals surface area contributed by atoms with Crippen molar-refractivity contribution in [1.82, 2.24) is 0 Å². The topological polar surface area (TPSA) is 108 Å². The lowest BCUT2D eigenvalue weighted by atomic mass is 10.0. The number of esters is 2. The van der Waals surface area contributed by atoms with Crippen LogP contribution in [0.15, 0.2) is 109 Å². The fraction of sp³-hybridized carbons (Fsp3) is 0.697. The first-order chi connectivity index (χ1) is 37.0. The molecule has 0 aromatic carbocycles. The molecule has 0 amide bonds. The Bertz CT molecular complexity index is 1650. The quantitative estimate of drug-likeness (QED) is 0.0211. The maximum absolute atomic E-state index is 12.8. The maximum Gasteiger partial charge on any atom is 0.472 e. The molecule has 0 saturated heterocycles. The molecule has 0 rings (SSSR count). The summed E-state index contributed by atoms with van der Waals surface area (Å²) in [6.07, 6.45) is 78.7. The smallest absolute Gasteiger partial charge is 0.462 e. The fourth-order valence-corrected chi connectivity index (χ4v) is 8.83. The second kappa shape index (κ2) is 56.4. The molecular formula is C66H115NO8P+. The molecule has 0 bridgehead atoms. The lowest BCUT2D eigenvalue weighted by Crippen LogP contribution is -2.37. The highest BCUT2D eigenvalue weighted by Crippen LogP contribution is 2.43. The third-order valence-electron chi connectivity index (χ3n) is 12.8. The number of carbonyl (C=O) groups is 2. The zero-order valence-corrected chi connectivity index (χ0v) is 50.3. The van der Waals surface area contributed by atoms with E-state index in [4.69, 9.17) is 18.5 Å². The Morgan fingerprint density at radius 2 is 0.750 bits per heavy atom. The Morgan fingerprint density at radius 3 is 1.12 bits per heavy atom. The van der Waals surface area contributed by atoms with Crippen LogP contribution in [0, 0.1) is 0 Å². The van der Waals surface area contributed by atoms with E-state index in [1.807, 2.05) is 21.1 Å². The van der Waals surface area contributed by atoms with E-state index in [-0.39, 0.29) is 32.0 Å². The molecule has 1 N–H and O–H groups in total. The molecule has 0 radical (unpaired) electrons. The molecule has 0 aromatic rings. The summed E-state index contributed by atoms with van der Waals surface area (Å²) in [5.74, 6) is -0.814. The van der Waals surface area contributed by atoms with Crippen LogP contribution in [0.3, 0.4) is 0 Å². The van der Waals surface area contributed by atoms with Crippen molar-refractivity contribution in [2.45, 2.75) is 251 Å². The van der Waals surface area contributed by atoms with E-state index in [0.717, 1.165) is 109 Å². The van der Waals surface area contributed by atoms with Crippen LogP contribution < -0.4 is 0 Å². The van der Waals surface area contributed by atoms with Gasteiger partial charge < -0.3 is 18.9 Å². The number of unbranched alkanes of at least 4 members (excludes halogenated alkanes) is 23. The van der Waals surface area contributed by atoms with E-state index in [1.54, 1.807) is 0 Å². The average molecular weight is 1080 g/mol. The van der Waals surface area contributed by atoms with Gasteiger partial charge in [-0.1, -0.05) is 239 Å². The van der Waals surface area contributed by atoms with Crippen molar-refractivity contribution in [2.75, 3.05) is 47.5 Å². The molecule has 2 atom stereocenters. The molecule has 2 unspecified atom stereocenters. The molecular weight excluding hydrogens is 966 g/mol. The van der Waals surface area contributed by atoms with Crippen LogP contribution in [-0.4, -0.2) is 74.9 Å². The summed E-state index contributed by atoms with van der Waals surface area (Å²) in [7, 11) is 1.46. The van der Waals surface area contributed by atoms with Gasteiger partial charge in [-0.05, 0) is 103 Å². The Labute approximate surface area is 467 Å². The second-order valence-electron chi connectivity index (χ2n) is 21.4. The molecule has 0 heterocycles. The lowest BCUT2D eigenvalue weighted by molar-refractivity contribution is -0.870. The lowest BCUT2D eigenvalue weighted by Gasteiger charge is -2.24. The largest absolute Gasteiger partial charge is 0.472 e. The minimum atomic E-state index is -4.40. The van der Waals surface area contributed by atoms with Crippen molar-refractivity contribution < 1.29 is 42.1 Å². The summed E-state index contributed by atoms with van der Waals surface area (Å²) in [6.45, 7) is 4.30. The van der Waals surface area contributed by atoms with Crippen molar-refractivity contribution in [2.24, 2.45) is 0 Å². The van der Waals surface area contributed by atoms with Gasteiger partial charge in [-0.25, -0.2) is 4.57 Å². The number of rotatable bonds is 55. The highest BCUT2D eigenvalue weighted by Gasteiger charge is 2.27. The van der Waals surface area contributed by atoms with Crippen molar-refractivity contribution in [1.29, 1.82) is 0 Å². The van der Waals surface area contributed by atoms with Gasteiger partial charge >= 0.3 is 19.8 Å². The Balaban J connectivity index is 4.19. The molecule has 0 aliphatic carbocycles. The zero-order valence-electron chi connectivity index (χ0n) is 49.5. The van der Waals surface area contributed by atoms with Gasteiger partial charge in [0.1, 0.15) is 19.8 Å². The number of hydrogen-bond acceptors (Lipinski definition) is 7. The van der Waals surface area contributed by atoms with Gasteiger partial charge in [0.15, 0.2) is 6.10 Å². The fourth-order valence-electron chi connectivity index (χ4n) is 8.08. The van der Waals surface area contributed by atoms with Crippen molar-refractivity contribution in [3.05, 3.63) is 109 Å². The SMILES string of the molecule is CC/C=C\C/C=C\C/C=C\C/C=C\C/C=C\C/C=C\CCCCCCCCCCCCC(=O)OC(COC(=O)CCCCCCCCCC/C=C\C/C=C\C/C=C\CCCCCCC)COP(=O)(O)OCC[N+](C)(C)C. The molecule has 0 spiro atoms. The van der Waals surface area contributed by atoms with Gasteiger partial charge in [-0.15, -0.1) is 0 Å². The van der Waals surface area contributed by atoms with Crippen LogP contribution >= 0.6 is 7.82 Å². The van der Waals surface area contributed by atoms with E-state index < -0.39 is 26.5 Å². The van der Waals surface area contributed by atoms with E-state index in [2.05, 4.69) is 123 Å². The molecule has 0 aromatic heterocycles. The van der Waals surface area contributed by atoms with E-state index in [0.29, 0.717) is 17.4 Å². The molecule has 10 heteroatoms. The van der Waals surface area contributed by atoms with Gasteiger partial charge in [-0.2, -0.15) is 0 Å². The average Bonchev–Trinajstić information content (AvgIpc) is 3.38. The second-order valence-corrected chi connectivity index (χ2v) is 22.8. The normalized spacial score (nSPS) is 14.0. The van der Waals surface area contributed by atoms with Gasteiger partial charge in [0.25, 0.3) is 0 Å². The highest BCUT2D eigenvalue weighted by atomic mass is 31.2. The number of nitrogens with zero attached hydrogens (tertiary/aromatic N) is 1. The van der Waals surface area contributed by atoms with Crippen LogP contribution in [0.25, 0.3) is 0 Å². The van der Waals surface area contributed by atoms with Crippen molar-refractivity contribution in [3.63, 3.8) is 0 Å². The summed E-state index contributed by atoms with van der Waals surface area (Å²) in [4.78, 5) is 35.8. The molecule has 0 aliphatic rings.